The smallest absolute Gasteiger partial charge is 0.146 e. The van der Waals surface area contributed by atoms with Crippen molar-refractivity contribution >= 4 is 34.5 Å². The lowest BCUT2D eigenvalue weighted by molar-refractivity contribution is 0.598. The van der Waals surface area contributed by atoms with E-state index in [2.05, 4.69) is 14.8 Å². The largest absolute Gasteiger partial charge is 0.386 e. The van der Waals surface area contributed by atoms with Gasteiger partial charge in [-0.2, -0.15) is 0 Å². The summed E-state index contributed by atoms with van der Waals surface area (Å²) >= 11 is 5.63. The third-order valence-corrected chi connectivity index (χ3v) is 4.37. The van der Waals surface area contributed by atoms with Crippen LogP contribution in [0.2, 0.25) is 0 Å². The van der Waals surface area contributed by atoms with Crippen molar-refractivity contribution in [2.75, 3.05) is 41.9 Å². The van der Waals surface area contributed by atoms with Crippen LogP contribution in [0.4, 0.5) is 21.5 Å². The number of amidine groups is 1. The monoisotopic (exact) mass is 346 g/mol. The minimum absolute atomic E-state index is 0.162. The Balaban J connectivity index is 1.63. The molecule has 0 unspecified atom stereocenters. The van der Waals surface area contributed by atoms with Crippen molar-refractivity contribution in [2.45, 2.75) is 0 Å². The highest BCUT2D eigenvalue weighted by Crippen LogP contribution is 2.24. The molecule has 0 saturated carbocycles. The lowest BCUT2D eigenvalue weighted by Gasteiger charge is -2.37. The predicted octanol–water partition coefficient (Wildman–Crippen LogP) is 3.38. The molecule has 4 nitrogen and oxygen atoms in total. The Hall–Kier alpha value is -2.27. The molecule has 0 aliphatic carbocycles. The van der Waals surface area contributed by atoms with Gasteiger partial charge in [0.15, 0.2) is 0 Å². The molecule has 1 aliphatic rings. The Morgan fingerprint density at radius 2 is 1.62 bits per heavy atom. The maximum absolute atomic E-state index is 13.9. The minimum Gasteiger partial charge on any atom is -0.386 e. The zero-order chi connectivity index (χ0) is 16.9. The maximum Gasteiger partial charge on any atom is 0.146 e. The number of hydrogen-bond acceptors (Lipinski definition) is 3. The average Bonchev–Trinajstić information content (AvgIpc) is 2.63. The second-order valence-corrected chi connectivity index (χ2v) is 5.95. The molecule has 1 heterocycles. The summed E-state index contributed by atoms with van der Waals surface area (Å²) < 4.78 is 13.9. The summed E-state index contributed by atoms with van der Waals surface area (Å²) in [5.74, 6) is 0.465. The molecule has 0 aromatic heterocycles. The van der Waals surface area contributed by atoms with Gasteiger partial charge in [-0.05, 0) is 36.4 Å². The number of nitrogens with two attached hydrogens (primary N) is 1. The number of alkyl halides is 1. The van der Waals surface area contributed by atoms with Gasteiger partial charge in [-0.1, -0.05) is 12.1 Å². The minimum atomic E-state index is -0.162. The first-order valence-corrected chi connectivity index (χ1v) is 8.44. The highest BCUT2D eigenvalue weighted by Gasteiger charge is 2.19. The van der Waals surface area contributed by atoms with Gasteiger partial charge in [-0.15, -0.1) is 11.6 Å². The van der Waals surface area contributed by atoms with E-state index in [4.69, 9.17) is 17.3 Å². The quantitative estimate of drug-likeness (QED) is 0.524. The Labute approximate surface area is 146 Å². The summed E-state index contributed by atoms with van der Waals surface area (Å²) in [4.78, 5) is 8.60. The number of nitrogens with zero attached hydrogens (tertiary/aromatic N) is 3. The molecule has 0 amide bonds. The van der Waals surface area contributed by atoms with Crippen LogP contribution in [0.1, 0.15) is 0 Å². The normalized spacial score (nSPS) is 15.7. The van der Waals surface area contributed by atoms with Gasteiger partial charge in [-0.25, -0.2) is 9.38 Å². The van der Waals surface area contributed by atoms with Gasteiger partial charge in [-0.3, -0.25) is 0 Å². The molecule has 1 saturated heterocycles. The van der Waals surface area contributed by atoms with Crippen molar-refractivity contribution in [3.8, 4) is 0 Å². The van der Waals surface area contributed by atoms with Crippen molar-refractivity contribution in [1.29, 1.82) is 0 Å². The van der Waals surface area contributed by atoms with Gasteiger partial charge in [0, 0.05) is 31.9 Å². The first-order chi connectivity index (χ1) is 11.7. The number of benzene rings is 2. The number of hydrogen-bond donors (Lipinski definition) is 1. The average molecular weight is 347 g/mol. The number of para-hydroxylation sites is 1. The summed E-state index contributed by atoms with van der Waals surface area (Å²) in [6, 6.07) is 14.8. The standard InChI is InChI=1S/C18H20ClFN4/c19-13-18(21)22-14-5-7-15(8-6-14)23-9-11-24(12-10-23)17-4-2-1-3-16(17)20/h1-8H,9-13H2,(H2,21,22). The van der Waals surface area contributed by atoms with Crippen molar-refractivity contribution < 1.29 is 4.39 Å². The first kappa shape index (κ1) is 16.6. The Morgan fingerprint density at radius 1 is 1.00 bits per heavy atom. The number of aliphatic imine (C=N–C) groups is 1. The van der Waals surface area contributed by atoms with Crippen molar-refractivity contribution in [2.24, 2.45) is 10.7 Å². The molecule has 0 bridgehead atoms. The van der Waals surface area contributed by atoms with E-state index in [1.54, 1.807) is 6.07 Å². The van der Waals surface area contributed by atoms with Crippen LogP contribution in [0.3, 0.4) is 0 Å². The third kappa shape index (κ3) is 3.79. The molecular formula is C18H20ClFN4. The van der Waals surface area contributed by atoms with Gasteiger partial charge in [0.05, 0.1) is 17.3 Å². The molecule has 126 valence electrons. The van der Waals surface area contributed by atoms with Gasteiger partial charge in [0.1, 0.15) is 11.7 Å². The number of halogens is 2. The van der Waals surface area contributed by atoms with Crippen LogP contribution in [0.25, 0.3) is 0 Å². The SMILES string of the molecule is NC(CCl)=Nc1ccc(N2CCN(c3ccccc3F)CC2)cc1. The van der Waals surface area contributed by atoms with Crippen LogP contribution in [0.5, 0.6) is 0 Å². The van der Waals surface area contributed by atoms with Crippen LogP contribution < -0.4 is 15.5 Å². The van der Waals surface area contributed by atoms with E-state index in [0.29, 0.717) is 11.5 Å². The Kier molecular flexibility index (Phi) is 5.20. The van der Waals surface area contributed by atoms with Crippen LogP contribution in [-0.2, 0) is 0 Å². The van der Waals surface area contributed by atoms with Gasteiger partial charge >= 0.3 is 0 Å². The number of anilines is 2. The zero-order valence-corrected chi connectivity index (χ0v) is 14.1. The summed E-state index contributed by atoms with van der Waals surface area (Å²) in [7, 11) is 0. The van der Waals surface area contributed by atoms with Crippen molar-refractivity contribution in [3.63, 3.8) is 0 Å². The van der Waals surface area contributed by atoms with Crippen LogP contribution in [-0.4, -0.2) is 37.9 Å². The predicted molar refractivity (Wildman–Crippen MR) is 99.3 cm³/mol. The molecule has 24 heavy (non-hydrogen) atoms. The van der Waals surface area contributed by atoms with Gasteiger partial charge in [0.2, 0.25) is 0 Å². The molecule has 1 aliphatic heterocycles. The van der Waals surface area contributed by atoms with Gasteiger partial charge < -0.3 is 15.5 Å². The third-order valence-electron chi connectivity index (χ3n) is 4.10. The zero-order valence-electron chi connectivity index (χ0n) is 13.3. The topological polar surface area (TPSA) is 44.9 Å². The molecule has 0 atom stereocenters. The molecule has 0 radical (unpaired) electrons. The number of piperazine rings is 1. The highest BCUT2D eigenvalue weighted by molar-refractivity contribution is 6.28. The lowest BCUT2D eigenvalue weighted by Crippen LogP contribution is -2.46. The molecule has 6 heteroatoms. The summed E-state index contributed by atoms with van der Waals surface area (Å²) in [6.07, 6.45) is 0. The van der Waals surface area contributed by atoms with E-state index >= 15 is 0 Å². The van der Waals surface area contributed by atoms with Crippen LogP contribution in [0.15, 0.2) is 53.5 Å². The van der Waals surface area contributed by atoms with E-state index in [-0.39, 0.29) is 11.7 Å². The molecule has 1 fully saturated rings. The summed E-state index contributed by atoms with van der Waals surface area (Å²) in [5, 5.41) is 0. The molecule has 0 spiro atoms. The second-order valence-electron chi connectivity index (χ2n) is 5.68. The Morgan fingerprint density at radius 3 is 2.25 bits per heavy atom. The maximum atomic E-state index is 13.9. The van der Waals surface area contributed by atoms with E-state index in [1.807, 2.05) is 36.4 Å². The summed E-state index contributed by atoms with van der Waals surface area (Å²) in [6.45, 7) is 3.28. The second kappa shape index (κ2) is 7.53. The van der Waals surface area contributed by atoms with Gasteiger partial charge in [0.25, 0.3) is 0 Å². The number of rotatable bonds is 4. The van der Waals surface area contributed by atoms with Crippen LogP contribution >= 0.6 is 11.6 Å². The summed E-state index contributed by atoms with van der Waals surface area (Å²) in [5.41, 5.74) is 8.24. The molecule has 2 aromatic carbocycles. The molecular weight excluding hydrogens is 327 g/mol. The van der Waals surface area contributed by atoms with E-state index in [0.717, 1.165) is 37.6 Å². The lowest BCUT2D eigenvalue weighted by atomic mass is 10.2. The van der Waals surface area contributed by atoms with Crippen molar-refractivity contribution in [1.82, 2.24) is 0 Å². The molecule has 3 rings (SSSR count). The van der Waals surface area contributed by atoms with E-state index in [1.165, 1.54) is 6.07 Å². The fourth-order valence-electron chi connectivity index (χ4n) is 2.85. The molecule has 2 N–H and O–H groups in total. The Bertz CT molecular complexity index is 709. The highest BCUT2D eigenvalue weighted by atomic mass is 35.5. The fraction of sp³-hybridized carbons (Fsp3) is 0.278. The van der Waals surface area contributed by atoms with Crippen molar-refractivity contribution in [3.05, 3.63) is 54.3 Å². The fourth-order valence-corrected chi connectivity index (χ4v) is 2.91. The molecule has 2 aromatic rings. The van der Waals surface area contributed by atoms with Crippen LogP contribution in [0, 0.1) is 5.82 Å². The van der Waals surface area contributed by atoms with E-state index < -0.39 is 0 Å². The first-order valence-electron chi connectivity index (χ1n) is 7.91. The van der Waals surface area contributed by atoms with E-state index in [9.17, 15) is 4.39 Å².